The summed E-state index contributed by atoms with van der Waals surface area (Å²) >= 11 is 7.62. The number of aryl methyl sites for hydroxylation is 1. The Morgan fingerprint density at radius 1 is 0.974 bits per heavy atom. The average molecular weight is 577 g/mol. The SMILES string of the molecule is CCOP(=O)(Cc1ccc(-c2nc3cc(Cl)ccc3c(=O)n2CCc2ccc(OC)c(OC)c2)s1)OCC. The maximum Gasteiger partial charge on any atom is 0.335 e. The van der Waals surface area contributed by atoms with Crippen molar-refractivity contribution in [2.45, 2.75) is 33.0 Å². The van der Waals surface area contributed by atoms with Crippen molar-refractivity contribution in [1.29, 1.82) is 0 Å². The van der Waals surface area contributed by atoms with Gasteiger partial charge in [0.15, 0.2) is 17.3 Å². The molecule has 0 saturated heterocycles. The second-order valence-corrected chi connectivity index (χ2v) is 12.0. The Kier molecular flexibility index (Phi) is 9.28. The first kappa shape index (κ1) is 28.3. The maximum absolute atomic E-state index is 13.6. The van der Waals surface area contributed by atoms with Gasteiger partial charge < -0.3 is 18.5 Å². The number of fused-ring (bicyclic) bond motifs is 1. The van der Waals surface area contributed by atoms with E-state index in [0.29, 0.717) is 46.2 Å². The topological polar surface area (TPSA) is 88.9 Å². The molecule has 11 heteroatoms. The summed E-state index contributed by atoms with van der Waals surface area (Å²) in [6, 6.07) is 14.5. The minimum absolute atomic E-state index is 0.147. The van der Waals surface area contributed by atoms with Crippen molar-refractivity contribution in [1.82, 2.24) is 9.55 Å². The Morgan fingerprint density at radius 2 is 1.71 bits per heavy atom. The van der Waals surface area contributed by atoms with E-state index in [0.717, 1.165) is 15.3 Å². The van der Waals surface area contributed by atoms with E-state index in [9.17, 15) is 9.36 Å². The van der Waals surface area contributed by atoms with Crippen LogP contribution in [0.1, 0.15) is 24.3 Å². The predicted octanol–water partition coefficient (Wildman–Crippen LogP) is 6.80. The molecule has 202 valence electrons. The highest BCUT2D eigenvalue weighted by atomic mass is 35.5. The highest BCUT2D eigenvalue weighted by Crippen LogP contribution is 2.52. The van der Waals surface area contributed by atoms with Crippen LogP contribution in [0, 0.1) is 0 Å². The van der Waals surface area contributed by atoms with Crippen molar-refractivity contribution in [3.05, 3.63) is 74.3 Å². The van der Waals surface area contributed by atoms with Crippen LogP contribution in [0.2, 0.25) is 5.02 Å². The second kappa shape index (κ2) is 12.5. The summed E-state index contributed by atoms with van der Waals surface area (Å²) in [4.78, 5) is 20.1. The molecule has 38 heavy (non-hydrogen) atoms. The van der Waals surface area contributed by atoms with Gasteiger partial charge in [0.05, 0.1) is 49.4 Å². The molecular weight excluding hydrogens is 547 g/mol. The standard InChI is InChI=1S/C27H30ClN2O6PS/c1-5-35-37(32,36-6-2)17-20-9-12-25(38-20)26-29-22-16-19(28)8-10-21(22)27(31)30(26)14-13-18-7-11-23(33-3)24(15-18)34-4/h7-12,15-16H,5-6,13-14,17H2,1-4H3. The smallest absolute Gasteiger partial charge is 0.335 e. The molecule has 0 aliphatic carbocycles. The van der Waals surface area contributed by atoms with Crippen LogP contribution in [0.25, 0.3) is 21.6 Å². The number of hydrogen-bond donors (Lipinski definition) is 0. The van der Waals surface area contributed by atoms with Gasteiger partial charge in [-0.15, -0.1) is 11.3 Å². The Balaban J connectivity index is 1.73. The fourth-order valence-electron chi connectivity index (χ4n) is 4.16. The quantitative estimate of drug-likeness (QED) is 0.171. The van der Waals surface area contributed by atoms with Crippen molar-refractivity contribution in [2.75, 3.05) is 27.4 Å². The minimum atomic E-state index is -3.27. The number of hydrogen-bond acceptors (Lipinski definition) is 8. The zero-order chi connectivity index (χ0) is 27.3. The summed E-state index contributed by atoms with van der Waals surface area (Å²) in [6.45, 7) is 4.54. The molecule has 0 radical (unpaired) electrons. The van der Waals surface area contributed by atoms with Gasteiger partial charge in [-0.2, -0.15) is 0 Å². The Bertz CT molecular complexity index is 1530. The Labute approximate surface area is 230 Å². The summed E-state index contributed by atoms with van der Waals surface area (Å²) in [7, 11) is -0.0913. The van der Waals surface area contributed by atoms with Gasteiger partial charge in [0.25, 0.3) is 5.56 Å². The number of nitrogens with zero attached hydrogens (tertiary/aromatic N) is 2. The first-order valence-corrected chi connectivity index (χ1v) is 15.1. The Morgan fingerprint density at radius 3 is 2.39 bits per heavy atom. The number of rotatable bonds is 12. The van der Waals surface area contributed by atoms with Crippen molar-refractivity contribution in [3.8, 4) is 22.2 Å². The van der Waals surface area contributed by atoms with E-state index in [2.05, 4.69) is 0 Å². The largest absolute Gasteiger partial charge is 0.493 e. The van der Waals surface area contributed by atoms with Crippen molar-refractivity contribution >= 4 is 41.4 Å². The molecule has 0 aliphatic rings. The van der Waals surface area contributed by atoms with E-state index in [4.69, 9.17) is 35.1 Å². The number of thiophene rings is 1. The summed E-state index contributed by atoms with van der Waals surface area (Å²) in [5, 5.41) is 0.985. The monoisotopic (exact) mass is 576 g/mol. The second-order valence-electron chi connectivity index (χ2n) is 8.36. The molecule has 8 nitrogen and oxygen atoms in total. The zero-order valence-corrected chi connectivity index (χ0v) is 24.2. The lowest BCUT2D eigenvalue weighted by Crippen LogP contribution is -2.24. The fourth-order valence-corrected chi connectivity index (χ4v) is 7.39. The first-order valence-electron chi connectivity index (χ1n) is 12.2. The van der Waals surface area contributed by atoms with Crippen LogP contribution in [0.3, 0.4) is 0 Å². The molecular formula is C27H30ClN2O6PS. The van der Waals surface area contributed by atoms with E-state index >= 15 is 0 Å². The van der Waals surface area contributed by atoms with Gasteiger partial charge in [-0.05, 0) is 68.3 Å². The van der Waals surface area contributed by atoms with Crippen LogP contribution in [0.4, 0.5) is 0 Å². The Hall–Kier alpha value is -2.68. The summed E-state index contributed by atoms with van der Waals surface area (Å²) in [6.07, 6.45) is 0.713. The van der Waals surface area contributed by atoms with Crippen LogP contribution in [-0.2, 0) is 32.7 Å². The molecule has 4 rings (SSSR count). The molecule has 0 saturated carbocycles. The average Bonchev–Trinajstić information content (AvgIpc) is 3.35. The molecule has 0 fully saturated rings. The van der Waals surface area contributed by atoms with Gasteiger partial charge in [-0.1, -0.05) is 17.7 Å². The number of ether oxygens (including phenoxy) is 2. The summed E-state index contributed by atoms with van der Waals surface area (Å²) in [5.74, 6) is 1.78. The van der Waals surface area contributed by atoms with E-state index in [1.54, 1.807) is 50.8 Å². The molecule has 0 atom stereocenters. The third-order valence-electron chi connectivity index (χ3n) is 5.87. The molecule has 2 heterocycles. The summed E-state index contributed by atoms with van der Waals surface area (Å²) in [5.41, 5.74) is 1.34. The van der Waals surface area contributed by atoms with Crippen LogP contribution in [0.15, 0.2) is 53.3 Å². The number of benzene rings is 2. The van der Waals surface area contributed by atoms with Crippen molar-refractivity contribution in [2.24, 2.45) is 0 Å². The number of methoxy groups -OCH3 is 2. The molecule has 2 aromatic carbocycles. The molecule has 0 N–H and O–H groups in total. The predicted molar refractivity (Wildman–Crippen MR) is 152 cm³/mol. The number of aromatic nitrogens is 2. The van der Waals surface area contributed by atoms with Crippen molar-refractivity contribution < 1.29 is 23.1 Å². The van der Waals surface area contributed by atoms with E-state index in [1.165, 1.54) is 11.3 Å². The fraction of sp³-hybridized carbons (Fsp3) is 0.333. The highest BCUT2D eigenvalue weighted by molar-refractivity contribution is 7.53. The lowest BCUT2D eigenvalue weighted by atomic mass is 10.1. The lowest BCUT2D eigenvalue weighted by Gasteiger charge is -2.16. The normalized spacial score (nSPS) is 11.7. The maximum atomic E-state index is 13.6. The minimum Gasteiger partial charge on any atom is -0.493 e. The zero-order valence-electron chi connectivity index (χ0n) is 21.7. The molecule has 0 spiro atoms. The molecule has 0 unspecified atom stereocenters. The summed E-state index contributed by atoms with van der Waals surface area (Å²) < 4.78 is 36.4. The number of halogens is 1. The van der Waals surface area contributed by atoms with Gasteiger partial charge in [0.1, 0.15) is 0 Å². The third-order valence-corrected chi connectivity index (χ3v) is 9.43. The van der Waals surface area contributed by atoms with Gasteiger partial charge in [-0.3, -0.25) is 13.9 Å². The van der Waals surface area contributed by atoms with Gasteiger partial charge >= 0.3 is 7.60 Å². The van der Waals surface area contributed by atoms with Crippen LogP contribution < -0.4 is 15.0 Å². The molecule has 0 amide bonds. The van der Waals surface area contributed by atoms with Gasteiger partial charge in [0, 0.05) is 16.4 Å². The third kappa shape index (κ3) is 6.30. The lowest BCUT2D eigenvalue weighted by molar-refractivity contribution is 0.219. The highest BCUT2D eigenvalue weighted by Gasteiger charge is 2.26. The van der Waals surface area contributed by atoms with E-state index < -0.39 is 7.60 Å². The van der Waals surface area contributed by atoms with Crippen LogP contribution in [-0.4, -0.2) is 37.0 Å². The molecule has 0 aliphatic heterocycles. The molecule has 2 aromatic heterocycles. The van der Waals surface area contributed by atoms with E-state index in [-0.39, 0.29) is 24.9 Å². The molecule has 0 bridgehead atoms. The van der Waals surface area contributed by atoms with Crippen LogP contribution in [0.5, 0.6) is 11.5 Å². The van der Waals surface area contributed by atoms with Gasteiger partial charge in [-0.25, -0.2) is 4.98 Å². The van der Waals surface area contributed by atoms with Crippen molar-refractivity contribution in [3.63, 3.8) is 0 Å². The van der Waals surface area contributed by atoms with Crippen LogP contribution >= 0.6 is 30.5 Å². The molecule has 4 aromatic rings. The van der Waals surface area contributed by atoms with Gasteiger partial charge in [0.2, 0.25) is 0 Å². The first-order chi connectivity index (χ1) is 18.3. The van der Waals surface area contributed by atoms with E-state index in [1.807, 2.05) is 30.3 Å².